The number of nitrogens with zero attached hydrogens (tertiary/aromatic N) is 1. The lowest BCUT2D eigenvalue weighted by Gasteiger charge is -2.17. The molecule has 2 N–H and O–H groups in total. The van der Waals surface area contributed by atoms with Crippen LogP contribution in [0.25, 0.3) is 0 Å². The van der Waals surface area contributed by atoms with Gasteiger partial charge in [-0.1, -0.05) is 19.9 Å². The van der Waals surface area contributed by atoms with Gasteiger partial charge in [0.1, 0.15) is 5.56 Å². The van der Waals surface area contributed by atoms with E-state index in [0.29, 0.717) is 24.6 Å². The zero-order valence-electron chi connectivity index (χ0n) is 15.0. The fourth-order valence-corrected chi connectivity index (χ4v) is 2.80. The van der Waals surface area contributed by atoms with Crippen molar-refractivity contribution in [3.05, 3.63) is 57.5 Å². The number of amides is 1. The Labute approximate surface area is 151 Å². The van der Waals surface area contributed by atoms with Crippen molar-refractivity contribution in [2.24, 2.45) is 0 Å². The first-order valence-electron chi connectivity index (χ1n) is 8.72. The average molecular weight is 357 g/mol. The number of rotatable bonds is 7. The van der Waals surface area contributed by atoms with E-state index in [1.165, 1.54) is 0 Å². The summed E-state index contributed by atoms with van der Waals surface area (Å²) >= 11 is 0. The molecule has 0 fully saturated rings. The van der Waals surface area contributed by atoms with E-state index >= 15 is 0 Å². The zero-order valence-corrected chi connectivity index (χ0v) is 15.0. The second kappa shape index (κ2) is 8.05. The van der Waals surface area contributed by atoms with Crippen LogP contribution in [0.3, 0.4) is 0 Å². The van der Waals surface area contributed by atoms with Gasteiger partial charge in [0.2, 0.25) is 6.79 Å². The van der Waals surface area contributed by atoms with Crippen LogP contribution < -0.4 is 20.3 Å². The van der Waals surface area contributed by atoms with Crippen molar-refractivity contribution in [2.75, 3.05) is 19.9 Å². The number of pyridine rings is 1. The topological polar surface area (TPSA) is 83.7 Å². The number of aromatic amines is 1. The molecule has 1 aromatic carbocycles. The van der Waals surface area contributed by atoms with Crippen molar-refractivity contribution >= 4 is 5.91 Å². The number of benzene rings is 1. The lowest BCUT2D eigenvalue weighted by atomic mass is 10.2. The van der Waals surface area contributed by atoms with E-state index < -0.39 is 5.91 Å². The molecule has 2 heterocycles. The van der Waals surface area contributed by atoms with Crippen LogP contribution in [0.4, 0.5) is 0 Å². The predicted molar refractivity (Wildman–Crippen MR) is 97.4 cm³/mol. The van der Waals surface area contributed by atoms with Gasteiger partial charge in [0, 0.05) is 18.8 Å². The summed E-state index contributed by atoms with van der Waals surface area (Å²) in [5.74, 6) is 0.953. The molecule has 0 saturated carbocycles. The molecule has 7 nitrogen and oxygen atoms in total. The first-order valence-corrected chi connectivity index (χ1v) is 8.72. The SMILES string of the molecule is CCN(CC)Cc1ccc(C(=O)NCc2ccc3c(c2)OCO3)c(=O)[nH]1. The van der Waals surface area contributed by atoms with Gasteiger partial charge < -0.3 is 19.8 Å². The summed E-state index contributed by atoms with van der Waals surface area (Å²) < 4.78 is 10.6. The molecular formula is C19H23N3O4. The molecule has 3 rings (SSSR count). The van der Waals surface area contributed by atoms with Gasteiger partial charge in [-0.15, -0.1) is 0 Å². The Balaban J connectivity index is 1.63. The van der Waals surface area contributed by atoms with Crippen molar-refractivity contribution in [1.29, 1.82) is 0 Å². The van der Waals surface area contributed by atoms with Crippen molar-refractivity contribution in [3.8, 4) is 11.5 Å². The average Bonchev–Trinajstić information content (AvgIpc) is 3.12. The highest BCUT2D eigenvalue weighted by molar-refractivity contribution is 5.93. The molecule has 0 unspecified atom stereocenters. The quantitative estimate of drug-likeness (QED) is 0.790. The molecule has 0 spiro atoms. The lowest BCUT2D eigenvalue weighted by Crippen LogP contribution is -2.30. The highest BCUT2D eigenvalue weighted by Crippen LogP contribution is 2.32. The molecule has 1 amide bonds. The molecule has 2 aromatic rings. The smallest absolute Gasteiger partial charge is 0.261 e. The third kappa shape index (κ3) is 4.05. The van der Waals surface area contributed by atoms with Crippen LogP contribution in [0.5, 0.6) is 11.5 Å². The maximum atomic E-state index is 12.3. The Bertz CT molecular complexity index is 843. The molecule has 1 aromatic heterocycles. The summed E-state index contributed by atoms with van der Waals surface area (Å²) in [5, 5.41) is 2.76. The number of fused-ring (bicyclic) bond motifs is 1. The Hall–Kier alpha value is -2.80. The minimum Gasteiger partial charge on any atom is -0.454 e. The molecular weight excluding hydrogens is 334 g/mol. The predicted octanol–water partition coefficient (Wildman–Crippen LogP) is 1.88. The molecule has 7 heteroatoms. The van der Waals surface area contributed by atoms with E-state index in [9.17, 15) is 9.59 Å². The second-order valence-electron chi connectivity index (χ2n) is 6.06. The van der Waals surface area contributed by atoms with Gasteiger partial charge in [0.25, 0.3) is 11.5 Å². The minimum atomic E-state index is -0.404. The largest absolute Gasteiger partial charge is 0.454 e. The third-order valence-corrected chi connectivity index (χ3v) is 4.39. The van der Waals surface area contributed by atoms with Crippen molar-refractivity contribution in [2.45, 2.75) is 26.9 Å². The number of ether oxygens (including phenoxy) is 2. The molecule has 0 saturated heterocycles. The highest BCUT2D eigenvalue weighted by Gasteiger charge is 2.15. The fourth-order valence-electron chi connectivity index (χ4n) is 2.80. The van der Waals surface area contributed by atoms with Gasteiger partial charge in [0.15, 0.2) is 11.5 Å². The van der Waals surface area contributed by atoms with Gasteiger partial charge in [0.05, 0.1) is 0 Å². The van der Waals surface area contributed by atoms with E-state index in [1.54, 1.807) is 18.2 Å². The Morgan fingerprint density at radius 1 is 1.15 bits per heavy atom. The zero-order chi connectivity index (χ0) is 18.5. The summed E-state index contributed by atoms with van der Waals surface area (Å²) in [6.07, 6.45) is 0. The molecule has 1 aliphatic rings. The van der Waals surface area contributed by atoms with Gasteiger partial charge >= 0.3 is 0 Å². The summed E-state index contributed by atoms with van der Waals surface area (Å²) in [4.78, 5) is 29.5. The fraction of sp³-hybridized carbons (Fsp3) is 0.368. The number of hydrogen-bond acceptors (Lipinski definition) is 5. The molecule has 26 heavy (non-hydrogen) atoms. The summed E-state index contributed by atoms with van der Waals surface area (Å²) in [5.41, 5.74) is 1.40. The maximum Gasteiger partial charge on any atom is 0.261 e. The van der Waals surface area contributed by atoms with Crippen LogP contribution in [-0.4, -0.2) is 35.7 Å². The van der Waals surface area contributed by atoms with Crippen LogP contribution in [0, 0.1) is 0 Å². The number of nitrogens with one attached hydrogen (secondary N) is 2. The van der Waals surface area contributed by atoms with Gasteiger partial charge in [-0.3, -0.25) is 14.5 Å². The normalized spacial score (nSPS) is 12.4. The third-order valence-electron chi connectivity index (χ3n) is 4.39. The number of carbonyl (C=O) groups excluding carboxylic acids is 1. The van der Waals surface area contributed by atoms with Gasteiger partial charge in [-0.2, -0.15) is 0 Å². The Morgan fingerprint density at radius 3 is 2.65 bits per heavy atom. The first-order chi connectivity index (χ1) is 12.6. The van der Waals surface area contributed by atoms with Crippen LogP contribution in [-0.2, 0) is 13.1 Å². The molecule has 0 radical (unpaired) electrons. The van der Waals surface area contributed by atoms with Crippen molar-refractivity contribution in [3.63, 3.8) is 0 Å². The summed E-state index contributed by atoms with van der Waals surface area (Å²) in [6, 6.07) is 8.84. The maximum absolute atomic E-state index is 12.3. The van der Waals surface area contributed by atoms with Gasteiger partial charge in [-0.25, -0.2) is 0 Å². The number of carbonyl (C=O) groups is 1. The summed E-state index contributed by atoms with van der Waals surface area (Å²) in [7, 11) is 0. The van der Waals surface area contributed by atoms with Crippen molar-refractivity contribution in [1.82, 2.24) is 15.2 Å². The Kier molecular flexibility index (Phi) is 5.58. The van der Waals surface area contributed by atoms with E-state index in [1.807, 2.05) is 12.1 Å². The van der Waals surface area contributed by atoms with Crippen LogP contribution in [0.2, 0.25) is 0 Å². The highest BCUT2D eigenvalue weighted by atomic mass is 16.7. The molecule has 1 aliphatic heterocycles. The van der Waals surface area contributed by atoms with Crippen LogP contribution in [0.1, 0.15) is 35.5 Å². The number of H-pyrrole nitrogens is 1. The second-order valence-corrected chi connectivity index (χ2v) is 6.06. The monoisotopic (exact) mass is 357 g/mol. The summed E-state index contributed by atoms with van der Waals surface area (Å²) in [6.45, 7) is 7.10. The molecule has 0 atom stereocenters. The van der Waals surface area contributed by atoms with Crippen LogP contribution in [0.15, 0.2) is 35.1 Å². The number of hydrogen-bond donors (Lipinski definition) is 2. The Morgan fingerprint density at radius 2 is 1.92 bits per heavy atom. The first kappa shape index (κ1) is 18.0. The van der Waals surface area contributed by atoms with Gasteiger partial charge in [-0.05, 0) is 42.9 Å². The van der Waals surface area contributed by atoms with E-state index in [-0.39, 0.29) is 17.9 Å². The molecule has 0 bridgehead atoms. The van der Waals surface area contributed by atoms with E-state index in [2.05, 4.69) is 29.0 Å². The lowest BCUT2D eigenvalue weighted by molar-refractivity contribution is 0.0949. The minimum absolute atomic E-state index is 0.106. The molecule has 0 aliphatic carbocycles. The standard InChI is InChI=1S/C19H23N3O4/c1-3-22(4-2)11-14-6-7-15(19(24)21-14)18(23)20-10-13-5-8-16-17(9-13)26-12-25-16/h5-9H,3-4,10-12H2,1-2H3,(H,20,23)(H,21,24). The van der Waals surface area contributed by atoms with Crippen LogP contribution >= 0.6 is 0 Å². The van der Waals surface area contributed by atoms with E-state index in [0.717, 1.165) is 24.3 Å². The van der Waals surface area contributed by atoms with Crippen molar-refractivity contribution < 1.29 is 14.3 Å². The molecule has 138 valence electrons. The number of aromatic nitrogens is 1. The van der Waals surface area contributed by atoms with E-state index in [4.69, 9.17) is 9.47 Å².